The van der Waals surface area contributed by atoms with Gasteiger partial charge in [0.25, 0.3) is 0 Å². The maximum Gasteiger partial charge on any atom is -0.0138 e. The normalized spacial score (nSPS) is 37.3. The zero-order valence-electron chi connectivity index (χ0n) is 9.55. The van der Waals surface area contributed by atoms with E-state index in [1.54, 1.807) is 5.57 Å². The van der Waals surface area contributed by atoms with Gasteiger partial charge in [-0.15, -0.1) is 0 Å². The molecule has 0 heteroatoms. The van der Waals surface area contributed by atoms with Crippen LogP contribution in [0, 0.1) is 17.8 Å². The SMILES string of the molecule is C=C(C)[C@@H]1CC(C)=C[C@@H]2CCCC[C@H]21. The molecule has 78 valence electrons. The summed E-state index contributed by atoms with van der Waals surface area (Å²) in [4.78, 5) is 0. The zero-order valence-corrected chi connectivity index (χ0v) is 9.55. The number of allylic oxidation sites excluding steroid dienone is 3. The Labute approximate surface area is 88.1 Å². The third-order valence-electron chi connectivity index (χ3n) is 4.07. The smallest absolute Gasteiger partial charge is 0.0138 e. The average Bonchev–Trinajstić information content (AvgIpc) is 2.16. The Hall–Kier alpha value is -0.520. The van der Waals surface area contributed by atoms with Gasteiger partial charge in [0, 0.05) is 0 Å². The molecule has 0 spiro atoms. The third kappa shape index (κ3) is 1.80. The van der Waals surface area contributed by atoms with Crippen molar-refractivity contribution in [2.24, 2.45) is 17.8 Å². The van der Waals surface area contributed by atoms with E-state index in [1.807, 2.05) is 0 Å². The topological polar surface area (TPSA) is 0 Å². The maximum absolute atomic E-state index is 4.18. The molecule has 2 aliphatic carbocycles. The number of hydrogen-bond donors (Lipinski definition) is 0. The molecule has 0 bridgehead atoms. The summed E-state index contributed by atoms with van der Waals surface area (Å²) in [6.07, 6.45) is 9.56. The van der Waals surface area contributed by atoms with Crippen LogP contribution >= 0.6 is 0 Å². The Balaban J connectivity index is 2.20. The molecule has 0 aromatic rings. The van der Waals surface area contributed by atoms with Gasteiger partial charge >= 0.3 is 0 Å². The van der Waals surface area contributed by atoms with Crippen LogP contribution in [0.3, 0.4) is 0 Å². The van der Waals surface area contributed by atoms with Crippen LogP contribution in [0.5, 0.6) is 0 Å². The van der Waals surface area contributed by atoms with Gasteiger partial charge in [0.15, 0.2) is 0 Å². The second-order valence-electron chi connectivity index (χ2n) is 5.28. The van der Waals surface area contributed by atoms with Gasteiger partial charge in [0.05, 0.1) is 0 Å². The predicted molar refractivity (Wildman–Crippen MR) is 62.1 cm³/mol. The van der Waals surface area contributed by atoms with Crippen molar-refractivity contribution < 1.29 is 0 Å². The van der Waals surface area contributed by atoms with Crippen molar-refractivity contribution in [3.05, 3.63) is 23.8 Å². The highest BCUT2D eigenvalue weighted by Crippen LogP contribution is 2.44. The van der Waals surface area contributed by atoms with E-state index >= 15 is 0 Å². The van der Waals surface area contributed by atoms with Gasteiger partial charge < -0.3 is 0 Å². The molecule has 1 fully saturated rings. The van der Waals surface area contributed by atoms with E-state index in [-0.39, 0.29) is 0 Å². The minimum absolute atomic E-state index is 0.783. The van der Waals surface area contributed by atoms with Gasteiger partial charge in [-0.05, 0) is 50.9 Å². The molecule has 0 aromatic heterocycles. The number of rotatable bonds is 1. The Morgan fingerprint density at radius 2 is 2.07 bits per heavy atom. The van der Waals surface area contributed by atoms with Crippen LogP contribution in [0.2, 0.25) is 0 Å². The highest BCUT2D eigenvalue weighted by Gasteiger charge is 2.33. The van der Waals surface area contributed by atoms with E-state index in [0.29, 0.717) is 0 Å². The van der Waals surface area contributed by atoms with E-state index in [2.05, 4.69) is 26.5 Å². The summed E-state index contributed by atoms with van der Waals surface area (Å²) in [7, 11) is 0. The van der Waals surface area contributed by atoms with E-state index in [4.69, 9.17) is 0 Å². The average molecular weight is 190 g/mol. The van der Waals surface area contributed by atoms with Crippen molar-refractivity contribution in [1.29, 1.82) is 0 Å². The van der Waals surface area contributed by atoms with Crippen LogP contribution in [-0.4, -0.2) is 0 Å². The molecule has 0 heterocycles. The Kier molecular flexibility index (Phi) is 2.80. The van der Waals surface area contributed by atoms with E-state index < -0.39 is 0 Å². The molecule has 0 aromatic carbocycles. The summed E-state index contributed by atoms with van der Waals surface area (Å²) in [6, 6.07) is 0. The molecule has 1 saturated carbocycles. The molecule has 2 rings (SSSR count). The largest absolute Gasteiger partial charge is 0.0998 e. The molecule has 0 saturated heterocycles. The van der Waals surface area contributed by atoms with Crippen molar-refractivity contribution >= 4 is 0 Å². The first kappa shape index (κ1) is 10.0. The molecule has 0 amide bonds. The molecular weight excluding hydrogens is 168 g/mol. The van der Waals surface area contributed by atoms with Crippen LogP contribution in [0.25, 0.3) is 0 Å². The quantitative estimate of drug-likeness (QED) is 0.540. The minimum atomic E-state index is 0.783. The molecule has 0 nitrogen and oxygen atoms in total. The zero-order chi connectivity index (χ0) is 10.1. The van der Waals surface area contributed by atoms with Crippen LogP contribution < -0.4 is 0 Å². The van der Waals surface area contributed by atoms with Gasteiger partial charge in [-0.2, -0.15) is 0 Å². The summed E-state index contributed by atoms with van der Waals surface area (Å²) >= 11 is 0. The second kappa shape index (κ2) is 3.92. The van der Waals surface area contributed by atoms with Crippen molar-refractivity contribution in [3.63, 3.8) is 0 Å². The van der Waals surface area contributed by atoms with Crippen LogP contribution in [0.4, 0.5) is 0 Å². The van der Waals surface area contributed by atoms with Gasteiger partial charge in [-0.1, -0.05) is 36.6 Å². The molecule has 0 radical (unpaired) electrons. The Bertz CT molecular complexity index is 259. The highest BCUT2D eigenvalue weighted by atomic mass is 14.4. The van der Waals surface area contributed by atoms with E-state index in [1.165, 1.54) is 37.7 Å². The highest BCUT2D eigenvalue weighted by molar-refractivity contribution is 5.16. The number of hydrogen-bond acceptors (Lipinski definition) is 0. The summed E-state index contributed by atoms with van der Waals surface area (Å²) in [6.45, 7) is 8.69. The fourth-order valence-corrected chi connectivity index (χ4v) is 3.37. The van der Waals surface area contributed by atoms with E-state index in [0.717, 1.165) is 17.8 Å². The molecule has 0 aliphatic heterocycles. The standard InChI is InChI=1S/C14H22/c1-10(2)14-9-11(3)8-12-6-4-5-7-13(12)14/h8,12-14H,1,4-7,9H2,2-3H3/t12-,13+,14-/m0/s1. The fraction of sp³-hybridized carbons (Fsp3) is 0.714. The summed E-state index contributed by atoms with van der Waals surface area (Å²) in [5, 5.41) is 0. The van der Waals surface area contributed by atoms with Gasteiger partial charge in [-0.25, -0.2) is 0 Å². The first-order valence-corrected chi connectivity index (χ1v) is 6.01. The summed E-state index contributed by atoms with van der Waals surface area (Å²) < 4.78 is 0. The van der Waals surface area contributed by atoms with Gasteiger partial charge in [-0.3, -0.25) is 0 Å². The van der Waals surface area contributed by atoms with Crippen molar-refractivity contribution in [2.75, 3.05) is 0 Å². The van der Waals surface area contributed by atoms with Gasteiger partial charge in [0.1, 0.15) is 0 Å². The summed E-state index contributed by atoms with van der Waals surface area (Å²) in [5.41, 5.74) is 3.01. The van der Waals surface area contributed by atoms with Crippen LogP contribution in [-0.2, 0) is 0 Å². The lowest BCUT2D eigenvalue weighted by molar-refractivity contribution is 0.202. The lowest BCUT2D eigenvalue weighted by Crippen LogP contribution is -2.30. The Morgan fingerprint density at radius 3 is 2.79 bits per heavy atom. The third-order valence-corrected chi connectivity index (χ3v) is 4.07. The monoisotopic (exact) mass is 190 g/mol. The second-order valence-corrected chi connectivity index (χ2v) is 5.28. The maximum atomic E-state index is 4.18. The molecule has 0 unspecified atom stereocenters. The first-order chi connectivity index (χ1) is 6.68. The lowest BCUT2D eigenvalue weighted by atomic mass is 9.65. The van der Waals surface area contributed by atoms with Crippen molar-refractivity contribution in [3.8, 4) is 0 Å². The molecule has 0 N–H and O–H groups in total. The predicted octanol–water partition coefficient (Wildman–Crippen LogP) is 4.34. The van der Waals surface area contributed by atoms with Crippen LogP contribution in [0.15, 0.2) is 23.8 Å². The molecule has 2 aliphatic rings. The summed E-state index contributed by atoms with van der Waals surface area (Å²) in [5.74, 6) is 2.58. The fourth-order valence-electron chi connectivity index (χ4n) is 3.37. The van der Waals surface area contributed by atoms with E-state index in [9.17, 15) is 0 Å². The van der Waals surface area contributed by atoms with Gasteiger partial charge in [0.2, 0.25) is 0 Å². The molecule has 3 atom stereocenters. The minimum Gasteiger partial charge on any atom is -0.0998 e. The van der Waals surface area contributed by atoms with Crippen LogP contribution in [0.1, 0.15) is 46.0 Å². The van der Waals surface area contributed by atoms with Crippen molar-refractivity contribution in [1.82, 2.24) is 0 Å². The Morgan fingerprint density at radius 1 is 1.36 bits per heavy atom. The number of fused-ring (bicyclic) bond motifs is 1. The first-order valence-electron chi connectivity index (χ1n) is 6.01. The lowest BCUT2D eigenvalue weighted by Gasteiger charge is -2.40. The van der Waals surface area contributed by atoms with Crippen molar-refractivity contribution in [2.45, 2.75) is 46.0 Å². The molecular formula is C14H22. The molecule has 14 heavy (non-hydrogen) atoms.